The topological polar surface area (TPSA) is 184 Å². The number of aromatic nitrogens is 4. The number of ether oxygens (including phenoxy) is 3. The van der Waals surface area contributed by atoms with Crippen LogP contribution < -0.4 is 15.4 Å². The minimum atomic E-state index is -0.895. The molecule has 2 aromatic heterocycles. The van der Waals surface area contributed by atoms with E-state index < -0.39 is 24.3 Å². The molecule has 0 radical (unpaired) electrons. The van der Waals surface area contributed by atoms with Crippen molar-refractivity contribution in [3.05, 3.63) is 144 Å². The highest BCUT2D eigenvalue weighted by Gasteiger charge is 2.57. The van der Waals surface area contributed by atoms with Gasteiger partial charge in [0.05, 0.1) is 48.4 Å². The Bertz CT molecular complexity index is 2970. The predicted molar refractivity (Wildman–Crippen MR) is 239 cm³/mol. The Morgan fingerprint density at radius 3 is 1.60 bits per heavy atom. The molecule has 4 heterocycles. The second-order valence-corrected chi connectivity index (χ2v) is 17.4. The Hall–Kier alpha value is -7.68. The molecule has 8 atom stereocenters. The van der Waals surface area contributed by atoms with Gasteiger partial charge < -0.3 is 44.6 Å². The van der Waals surface area contributed by atoms with Crippen LogP contribution in [0.25, 0.3) is 33.2 Å². The van der Waals surface area contributed by atoms with Crippen molar-refractivity contribution in [2.75, 3.05) is 14.2 Å². The van der Waals surface area contributed by atoms with Gasteiger partial charge in [-0.2, -0.15) is 0 Å². The zero-order valence-electron chi connectivity index (χ0n) is 35.6. The van der Waals surface area contributed by atoms with Crippen LogP contribution in [0.1, 0.15) is 72.6 Å². The summed E-state index contributed by atoms with van der Waals surface area (Å²) in [5.74, 6) is 3.07. The van der Waals surface area contributed by atoms with E-state index in [1.54, 1.807) is 0 Å². The van der Waals surface area contributed by atoms with Gasteiger partial charge in [-0.05, 0) is 96.2 Å². The molecule has 0 bridgehead atoms. The van der Waals surface area contributed by atoms with Gasteiger partial charge in [-0.15, -0.1) is 0 Å². The molecule has 2 aliphatic heterocycles. The Balaban J connectivity index is 0.807. The van der Waals surface area contributed by atoms with Gasteiger partial charge in [0, 0.05) is 18.2 Å². The summed E-state index contributed by atoms with van der Waals surface area (Å²) >= 11 is 0. The first-order valence-electron chi connectivity index (χ1n) is 21.9. The summed E-state index contributed by atoms with van der Waals surface area (Å²) < 4.78 is 16.2. The van der Waals surface area contributed by atoms with Crippen molar-refractivity contribution in [3.8, 4) is 22.6 Å². The fraction of sp³-hybridized carbons (Fsp3) is 0.280. The lowest BCUT2D eigenvalue weighted by Gasteiger charge is -2.30. The number of imidazole rings is 2. The molecule has 2 saturated carbocycles. The smallest absolute Gasteiger partial charge is 0.407 e. The number of alkyl carbamates (subject to hydrolysis) is 2. The number of rotatable bonds is 11. The average molecular weight is 871 g/mol. The fourth-order valence-corrected chi connectivity index (χ4v) is 10.0. The maximum Gasteiger partial charge on any atom is 0.407 e. The van der Waals surface area contributed by atoms with Crippen molar-refractivity contribution in [1.29, 1.82) is 0 Å². The summed E-state index contributed by atoms with van der Waals surface area (Å²) in [4.78, 5) is 74.0. The number of H-pyrrole nitrogens is 2. The standard InChI is InChI=1S/C50H46N8O7/c1-63-49(61)55-43(27-10-5-3-6-11-27)47(59)57-39-22-31(39)24-41(57)45-51-35-18-16-30(21-37(35)53-45)29-14-9-15-33(20-29)65-34-17-19-36-38(26-34)54-46(52-36)42-25-32-23-40(32)58(42)48(60)44(56-50(62)64-2)28-12-7-4-8-13-28/h3-21,26,31-32,39-44H,22-25H2,1-2H3,(H,51,53)(H,52,54)(H,55,61)(H,56,62)/t31-,32-,39-,40-,41+,42+,43?,44?/m1/s1. The summed E-state index contributed by atoms with van der Waals surface area (Å²) in [6, 6.07) is 36.0. The van der Waals surface area contributed by atoms with E-state index in [9.17, 15) is 19.2 Å². The van der Waals surface area contributed by atoms with Gasteiger partial charge >= 0.3 is 12.2 Å². The number of nitrogens with zero attached hydrogens (tertiary/aromatic N) is 4. The Labute approximate surface area is 373 Å². The number of benzene rings is 5. The highest BCUT2D eigenvalue weighted by atomic mass is 16.5. The molecule has 15 nitrogen and oxygen atoms in total. The number of carbonyl (C=O) groups excluding carboxylic acids is 4. The summed E-state index contributed by atoms with van der Waals surface area (Å²) in [7, 11) is 2.58. The molecule has 4 amide bonds. The molecule has 5 aromatic carbocycles. The zero-order chi connectivity index (χ0) is 44.3. The SMILES string of the molecule is COC(=O)NC(C(=O)N1[C@@H]2C[C@@H]2C[C@H]1c1nc2ccc(Oc3cccc(-c4ccc5nc([C@@H]6C[C@H]7C[C@H]7N6C(=O)C(NC(=O)OC)c6ccccc6)[nH]c5c4)c3)cc2[nH]1)c1ccccc1. The van der Waals surface area contributed by atoms with Crippen molar-refractivity contribution in [1.82, 2.24) is 40.4 Å². The lowest BCUT2D eigenvalue weighted by molar-refractivity contribution is -0.136. The van der Waals surface area contributed by atoms with E-state index in [1.807, 2.05) is 125 Å². The molecule has 4 fully saturated rings. The van der Waals surface area contributed by atoms with Crippen LogP contribution in [0.4, 0.5) is 9.59 Å². The molecule has 2 saturated heterocycles. The van der Waals surface area contributed by atoms with Crippen LogP contribution in [-0.2, 0) is 19.1 Å². The van der Waals surface area contributed by atoms with Crippen LogP contribution in [-0.4, -0.2) is 80.0 Å². The number of nitrogens with one attached hydrogen (secondary N) is 4. The molecule has 65 heavy (non-hydrogen) atoms. The third kappa shape index (κ3) is 7.55. The second-order valence-electron chi connectivity index (χ2n) is 17.4. The van der Waals surface area contributed by atoms with Crippen LogP contribution in [0.2, 0.25) is 0 Å². The van der Waals surface area contributed by atoms with Crippen LogP contribution >= 0.6 is 0 Å². The first kappa shape index (κ1) is 40.1. The van der Waals surface area contributed by atoms with Gasteiger partial charge in [0.25, 0.3) is 11.8 Å². The van der Waals surface area contributed by atoms with Crippen LogP contribution in [0.15, 0.2) is 121 Å². The van der Waals surface area contributed by atoms with Crippen molar-refractivity contribution in [3.63, 3.8) is 0 Å². The van der Waals surface area contributed by atoms with E-state index in [1.165, 1.54) is 14.2 Å². The summed E-state index contributed by atoms with van der Waals surface area (Å²) in [5.41, 5.74) is 6.45. The lowest BCUT2D eigenvalue weighted by atomic mass is 10.0. The molecule has 2 unspecified atom stereocenters. The van der Waals surface area contributed by atoms with Crippen molar-refractivity contribution in [2.45, 2.75) is 61.9 Å². The minimum absolute atomic E-state index is 0.0869. The molecule has 328 valence electrons. The number of carbonyl (C=O) groups is 4. The maximum absolute atomic E-state index is 14.3. The van der Waals surface area contributed by atoms with Crippen molar-refractivity contribution < 1.29 is 33.4 Å². The number of piperidine rings is 2. The van der Waals surface area contributed by atoms with Gasteiger partial charge in [-0.25, -0.2) is 19.6 Å². The lowest BCUT2D eigenvalue weighted by Crippen LogP contribution is -2.44. The Morgan fingerprint density at radius 1 is 0.569 bits per heavy atom. The monoisotopic (exact) mass is 870 g/mol. The number of hydrogen-bond acceptors (Lipinski definition) is 9. The molecule has 7 aromatic rings. The van der Waals surface area contributed by atoms with Gasteiger partial charge in [-0.1, -0.05) is 78.9 Å². The number of amides is 4. The number of aromatic amines is 2. The van der Waals surface area contributed by atoms with E-state index in [0.717, 1.165) is 58.9 Å². The van der Waals surface area contributed by atoms with Crippen molar-refractivity contribution in [2.24, 2.45) is 11.8 Å². The highest BCUT2D eigenvalue weighted by molar-refractivity contribution is 5.90. The molecular weight excluding hydrogens is 825 g/mol. The predicted octanol–water partition coefficient (Wildman–Crippen LogP) is 8.42. The minimum Gasteiger partial charge on any atom is -0.457 e. The largest absolute Gasteiger partial charge is 0.457 e. The number of likely N-dealkylation sites (tertiary alicyclic amines) is 2. The molecule has 15 heteroatoms. The van der Waals surface area contributed by atoms with E-state index >= 15 is 0 Å². The summed E-state index contributed by atoms with van der Waals surface area (Å²) in [6.45, 7) is 0. The quantitative estimate of drug-likeness (QED) is 0.0991. The van der Waals surface area contributed by atoms with E-state index in [4.69, 9.17) is 24.2 Å². The molecular formula is C50H46N8O7. The summed E-state index contributed by atoms with van der Waals surface area (Å²) in [5, 5.41) is 5.51. The normalized spacial score (nSPS) is 22.4. The third-order valence-electron chi connectivity index (χ3n) is 13.4. The highest BCUT2D eigenvalue weighted by Crippen LogP contribution is 2.55. The van der Waals surface area contributed by atoms with Gasteiger partial charge in [0.2, 0.25) is 0 Å². The Morgan fingerprint density at radius 2 is 1.06 bits per heavy atom. The van der Waals surface area contributed by atoms with Crippen molar-refractivity contribution >= 4 is 46.1 Å². The van der Waals surface area contributed by atoms with E-state index in [-0.39, 0.29) is 36.0 Å². The van der Waals surface area contributed by atoms with Crippen LogP contribution in [0, 0.1) is 11.8 Å². The zero-order valence-corrected chi connectivity index (χ0v) is 35.6. The van der Waals surface area contributed by atoms with Gasteiger partial charge in [-0.3, -0.25) is 9.59 Å². The van der Waals surface area contributed by atoms with Crippen LogP contribution in [0.5, 0.6) is 11.5 Å². The second kappa shape index (κ2) is 16.1. The molecule has 4 N–H and O–H groups in total. The number of hydrogen-bond donors (Lipinski definition) is 4. The first-order valence-corrected chi connectivity index (χ1v) is 21.9. The van der Waals surface area contributed by atoms with Gasteiger partial charge in [0.1, 0.15) is 35.2 Å². The number of methoxy groups -OCH3 is 2. The van der Waals surface area contributed by atoms with Crippen LogP contribution in [0.3, 0.4) is 0 Å². The average Bonchev–Trinajstić information content (AvgIpc) is 4.00. The first-order chi connectivity index (χ1) is 31.7. The molecule has 4 aliphatic rings. The fourth-order valence-electron chi connectivity index (χ4n) is 10.0. The Kier molecular flexibility index (Phi) is 9.97. The van der Waals surface area contributed by atoms with Gasteiger partial charge in [0.15, 0.2) is 0 Å². The third-order valence-corrected chi connectivity index (χ3v) is 13.4. The van der Waals surface area contributed by atoms with E-state index in [0.29, 0.717) is 46.1 Å². The van der Waals surface area contributed by atoms with E-state index in [2.05, 4.69) is 26.7 Å². The summed E-state index contributed by atoms with van der Waals surface area (Å²) in [6.07, 6.45) is 2.08. The molecule has 11 rings (SSSR count). The maximum atomic E-state index is 14.3. The molecule has 0 spiro atoms. The molecule has 2 aliphatic carbocycles. The number of fused-ring (bicyclic) bond motifs is 4.